The van der Waals surface area contributed by atoms with E-state index in [9.17, 15) is 0 Å². The summed E-state index contributed by atoms with van der Waals surface area (Å²) in [6.45, 7) is 9.10. The molecule has 0 amide bonds. The number of fused-ring (bicyclic) bond motifs is 1. The van der Waals surface area contributed by atoms with Crippen LogP contribution in [0, 0.1) is 0 Å². The highest BCUT2D eigenvalue weighted by atomic mass is 15.2. The Morgan fingerprint density at radius 3 is 2.34 bits per heavy atom. The first-order valence-corrected chi connectivity index (χ1v) is 11.6. The van der Waals surface area contributed by atoms with Gasteiger partial charge in [0.1, 0.15) is 0 Å². The van der Waals surface area contributed by atoms with Crippen LogP contribution >= 0.6 is 0 Å². The largest absolute Gasteiger partial charge is 0.306 e. The van der Waals surface area contributed by atoms with Crippen LogP contribution in [0.1, 0.15) is 50.7 Å². The normalized spacial score (nSPS) is 16.0. The van der Waals surface area contributed by atoms with Crippen LogP contribution < -0.4 is 0 Å². The predicted molar refractivity (Wildman–Crippen MR) is 132 cm³/mol. The Labute approximate surface area is 190 Å². The summed E-state index contributed by atoms with van der Waals surface area (Å²) in [5, 5.41) is 4.62. The smallest absolute Gasteiger partial charge is 0.162 e. The maximum absolute atomic E-state index is 4.80. The number of benzene rings is 2. The van der Waals surface area contributed by atoms with Crippen LogP contribution in [0.15, 0.2) is 67.1 Å². The molecule has 164 valence electrons. The molecule has 0 radical (unpaired) electrons. The molecule has 0 N–H and O–H groups in total. The molecule has 0 spiro atoms. The zero-order valence-corrected chi connectivity index (χ0v) is 19.5. The summed E-state index contributed by atoms with van der Waals surface area (Å²) in [7, 11) is 2.21. The minimum atomic E-state index is 0.110. The molecule has 0 aliphatic carbocycles. The highest BCUT2D eigenvalue weighted by Gasteiger charge is 2.19. The van der Waals surface area contributed by atoms with Crippen LogP contribution in [0.25, 0.3) is 27.9 Å². The van der Waals surface area contributed by atoms with Gasteiger partial charge in [0, 0.05) is 23.5 Å². The van der Waals surface area contributed by atoms with E-state index in [-0.39, 0.29) is 5.41 Å². The number of piperidine rings is 1. The summed E-state index contributed by atoms with van der Waals surface area (Å²) in [6.07, 6.45) is 8.48. The van der Waals surface area contributed by atoms with Gasteiger partial charge in [0.2, 0.25) is 0 Å². The second-order valence-corrected chi connectivity index (χ2v) is 10.2. The number of hydrogen-bond donors (Lipinski definition) is 0. The molecular weight excluding hydrogens is 392 g/mol. The molecule has 5 rings (SSSR count). The van der Waals surface area contributed by atoms with E-state index in [1.807, 2.05) is 16.9 Å². The lowest BCUT2D eigenvalue weighted by Gasteiger charge is -2.29. The first kappa shape index (κ1) is 20.9. The third kappa shape index (κ3) is 4.07. The van der Waals surface area contributed by atoms with Gasteiger partial charge in [-0.25, -0.2) is 9.50 Å². The molecule has 1 aliphatic rings. The molecular formula is C28H32N4. The van der Waals surface area contributed by atoms with Gasteiger partial charge in [-0.15, -0.1) is 0 Å². The topological polar surface area (TPSA) is 33.4 Å². The molecule has 4 heteroatoms. The van der Waals surface area contributed by atoms with E-state index in [0.29, 0.717) is 5.92 Å². The van der Waals surface area contributed by atoms with Crippen LogP contribution in [0.4, 0.5) is 0 Å². The summed E-state index contributed by atoms with van der Waals surface area (Å²) in [6, 6.07) is 17.8. The highest BCUT2D eigenvalue weighted by molar-refractivity contribution is 5.78. The molecule has 2 aromatic carbocycles. The summed E-state index contributed by atoms with van der Waals surface area (Å²) in [5.41, 5.74) is 8.28. The number of likely N-dealkylation sites (tertiary alicyclic amines) is 1. The Hall–Kier alpha value is -2.98. The zero-order valence-electron chi connectivity index (χ0n) is 19.5. The van der Waals surface area contributed by atoms with Gasteiger partial charge in [-0.1, -0.05) is 69.3 Å². The second-order valence-electron chi connectivity index (χ2n) is 10.2. The first-order valence-electron chi connectivity index (χ1n) is 11.6. The minimum absolute atomic E-state index is 0.110. The summed E-state index contributed by atoms with van der Waals surface area (Å²) in [4.78, 5) is 7.22. The quantitative estimate of drug-likeness (QED) is 0.394. The number of nitrogens with zero attached hydrogens (tertiary/aromatic N) is 4. The lowest BCUT2D eigenvalue weighted by atomic mass is 9.85. The predicted octanol–water partition coefficient (Wildman–Crippen LogP) is 6.17. The Kier molecular flexibility index (Phi) is 5.34. The maximum Gasteiger partial charge on any atom is 0.162 e. The van der Waals surface area contributed by atoms with E-state index in [4.69, 9.17) is 4.98 Å². The standard InChI is InChI=1S/C28H32N4/c1-28(2,3)25-7-5-6-23(16-25)26-18-30-32-19-24(17-29-27(26)32)21-10-8-20(9-11-21)22-12-14-31(4)15-13-22/h5-11,16-19,22H,12-15H2,1-4H3. The van der Waals surface area contributed by atoms with E-state index in [1.165, 1.54) is 42.6 Å². The fourth-order valence-electron chi connectivity index (χ4n) is 4.67. The van der Waals surface area contributed by atoms with E-state index in [2.05, 4.69) is 92.5 Å². The third-order valence-electron chi connectivity index (χ3n) is 6.83. The molecule has 1 aliphatic heterocycles. The van der Waals surface area contributed by atoms with E-state index in [1.54, 1.807) is 0 Å². The second kappa shape index (κ2) is 8.18. The molecule has 4 aromatic rings. The van der Waals surface area contributed by atoms with Crippen LogP contribution in [-0.4, -0.2) is 39.6 Å². The van der Waals surface area contributed by atoms with Crippen LogP contribution in [-0.2, 0) is 5.41 Å². The average molecular weight is 425 g/mol. The lowest BCUT2D eigenvalue weighted by Crippen LogP contribution is -2.29. The van der Waals surface area contributed by atoms with Crippen molar-refractivity contribution in [2.24, 2.45) is 0 Å². The van der Waals surface area contributed by atoms with Gasteiger partial charge in [-0.3, -0.25) is 0 Å². The van der Waals surface area contributed by atoms with Gasteiger partial charge in [0.15, 0.2) is 5.65 Å². The SMILES string of the molecule is CN1CCC(c2ccc(-c3cnc4c(-c5cccc(C(C)(C)C)c5)cnn4c3)cc2)CC1. The summed E-state index contributed by atoms with van der Waals surface area (Å²) in [5.74, 6) is 0.679. The molecule has 3 heterocycles. The fourth-order valence-corrected chi connectivity index (χ4v) is 4.67. The van der Waals surface area contributed by atoms with Crippen molar-refractivity contribution >= 4 is 5.65 Å². The lowest BCUT2D eigenvalue weighted by molar-refractivity contribution is 0.255. The molecule has 32 heavy (non-hydrogen) atoms. The molecule has 4 nitrogen and oxygen atoms in total. The monoisotopic (exact) mass is 424 g/mol. The average Bonchev–Trinajstić information content (AvgIpc) is 3.23. The van der Waals surface area contributed by atoms with Crippen LogP contribution in [0.2, 0.25) is 0 Å². The van der Waals surface area contributed by atoms with Crippen molar-refractivity contribution in [2.75, 3.05) is 20.1 Å². The van der Waals surface area contributed by atoms with Crippen molar-refractivity contribution in [3.63, 3.8) is 0 Å². The Morgan fingerprint density at radius 1 is 0.875 bits per heavy atom. The summed E-state index contributed by atoms with van der Waals surface area (Å²) < 4.78 is 1.90. The molecule has 1 fully saturated rings. The van der Waals surface area contributed by atoms with Crippen molar-refractivity contribution < 1.29 is 0 Å². The highest BCUT2D eigenvalue weighted by Crippen LogP contribution is 2.31. The Balaban J connectivity index is 1.42. The van der Waals surface area contributed by atoms with E-state index in [0.717, 1.165) is 22.3 Å². The van der Waals surface area contributed by atoms with Crippen molar-refractivity contribution in [3.8, 4) is 22.3 Å². The Morgan fingerprint density at radius 2 is 1.62 bits per heavy atom. The molecule has 1 saturated heterocycles. The number of hydrogen-bond acceptors (Lipinski definition) is 3. The summed E-state index contributed by atoms with van der Waals surface area (Å²) >= 11 is 0. The van der Waals surface area contributed by atoms with Gasteiger partial charge in [-0.05, 0) is 66.6 Å². The van der Waals surface area contributed by atoms with E-state index < -0.39 is 0 Å². The fraction of sp³-hybridized carbons (Fsp3) is 0.357. The molecule has 2 aromatic heterocycles. The molecule has 0 unspecified atom stereocenters. The minimum Gasteiger partial charge on any atom is -0.306 e. The van der Waals surface area contributed by atoms with Crippen LogP contribution in [0.3, 0.4) is 0 Å². The van der Waals surface area contributed by atoms with Gasteiger partial charge in [0.05, 0.1) is 6.20 Å². The van der Waals surface area contributed by atoms with Gasteiger partial charge < -0.3 is 4.90 Å². The van der Waals surface area contributed by atoms with Gasteiger partial charge in [-0.2, -0.15) is 5.10 Å². The van der Waals surface area contributed by atoms with Crippen LogP contribution in [0.5, 0.6) is 0 Å². The number of rotatable bonds is 3. The van der Waals surface area contributed by atoms with E-state index >= 15 is 0 Å². The number of aromatic nitrogens is 3. The van der Waals surface area contributed by atoms with Crippen molar-refractivity contribution in [1.82, 2.24) is 19.5 Å². The van der Waals surface area contributed by atoms with Crippen molar-refractivity contribution in [3.05, 3.63) is 78.2 Å². The molecule has 0 saturated carbocycles. The molecule has 0 bridgehead atoms. The first-order chi connectivity index (χ1) is 15.4. The zero-order chi connectivity index (χ0) is 22.3. The van der Waals surface area contributed by atoms with Crippen molar-refractivity contribution in [1.29, 1.82) is 0 Å². The maximum atomic E-state index is 4.80. The van der Waals surface area contributed by atoms with Gasteiger partial charge in [0.25, 0.3) is 0 Å². The molecule has 0 atom stereocenters. The van der Waals surface area contributed by atoms with Crippen molar-refractivity contribution in [2.45, 2.75) is 44.9 Å². The van der Waals surface area contributed by atoms with Gasteiger partial charge >= 0.3 is 0 Å². The Bertz CT molecular complexity index is 1220. The third-order valence-corrected chi connectivity index (χ3v) is 6.83.